The van der Waals surface area contributed by atoms with E-state index in [2.05, 4.69) is 11.4 Å². The Morgan fingerprint density at radius 2 is 1.88 bits per heavy atom. The molecule has 0 aliphatic heterocycles. The number of hydrogen-bond donors (Lipinski definition) is 1. The van der Waals surface area contributed by atoms with Crippen LogP contribution in [0.1, 0.15) is 54.2 Å². The van der Waals surface area contributed by atoms with Crippen LogP contribution >= 0.6 is 11.6 Å². The van der Waals surface area contributed by atoms with Gasteiger partial charge in [0.25, 0.3) is 5.91 Å². The van der Waals surface area contributed by atoms with E-state index in [0.717, 1.165) is 24.8 Å². The lowest BCUT2D eigenvalue weighted by Gasteiger charge is -2.26. The van der Waals surface area contributed by atoms with Crippen molar-refractivity contribution in [2.75, 3.05) is 19.7 Å². The zero-order valence-electron chi connectivity index (χ0n) is 18.1. The number of halogens is 1. The van der Waals surface area contributed by atoms with Crippen LogP contribution in [0.25, 0.3) is 0 Å². The number of esters is 1. The number of benzene rings is 2. The molecule has 9 heteroatoms. The highest BCUT2D eigenvalue weighted by Crippen LogP contribution is 2.29. The molecule has 172 valence electrons. The van der Waals surface area contributed by atoms with Gasteiger partial charge in [-0.15, -0.1) is 0 Å². The van der Waals surface area contributed by atoms with E-state index in [1.54, 1.807) is 13.8 Å². The third kappa shape index (κ3) is 5.31. The molecular formula is C23H27ClN2O5S. The molecule has 1 aliphatic carbocycles. The number of hydrogen-bond acceptors (Lipinski definition) is 5. The highest BCUT2D eigenvalue weighted by atomic mass is 35.5. The molecule has 2 aromatic carbocycles. The van der Waals surface area contributed by atoms with Crippen LogP contribution in [0.5, 0.6) is 0 Å². The van der Waals surface area contributed by atoms with Crippen LogP contribution in [0.2, 0.25) is 5.02 Å². The Kier molecular flexibility index (Phi) is 7.92. The van der Waals surface area contributed by atoms with Crippen molar-refractivity contribution in [2.24, 2.45) is 0 Å². The van der Waals surface area contributed by atoms with Gasteiger partial charge in [-0.25, -0.2) is 13.2 Å². The van der Waals surface area contributed by atoms with Gasteiger partial charge < -0.3 is 10.1 Å². The largest absolute Gasteiger partial charge is 0.452 e. The molecule has 0 fully saturated rings. The van der Waals surface area contributed by atoms with Crippen LogP contribution in [0.3, 0.4) is 0 Å². The third-order valence-corrected chi connectivity index (χ3v) is 8.06. The molecule has 1 atom stereocenters. The first-order valence-electron chi connectivity index (χ1n) is 10.6. The van der Waals surface area contributed by atoms with Gasteiger partial charge >= 0.3 is 5.97 Å². The van der Waals surface area contributed by atoms with Crippen LogP contribution in [0, 0.1) is 0 Å². The lowest BCUT2D eigenvalue weighted by molar-refractivity contribution is -0.125. The van der Waals surface area contributed by atoms with E-state index < -0.39 is 28.5 Å². The maximum Gasteiger partial charge on any atom is 0.338 e. The highest BCUT2D eigenvalue weighted by Gasteiger charge is 2.26. The minimum atomic E-state index is -3.85. The summed E-state index contributed by atoms with van der Waals surface area (Å²) in [6.45, 7) is 3.52. The molecule has 7 nitrogen and oxygen atoms in total. The number of aryl methyl sites for hydroxylation is 1. The fourth-order valence-corrected chi connectivity index (χ4v) is 5.84. The quantitative estimate of drug-likeness (QED) is 0.583. The minimum absolute atomic E-state index is 0.0101. The van der Waals surface area contributed by atoms with Crippen LogP contribution in [0.4, 0.5) is 0 Å². The van der Waals surface area contributed by atoms with E-state index in [4.69, 9.17) is 16.3 Å². The average molecular weight is 479 g/mol. The predicted molar refractivity (Wildman–Crippen MR) is 122 cm³/mol. The number of carbonyl (C=O) groups is 2. The van der Waals surface area contributed by atoms with Gasteiger partial charge in [0.15, 0.2) is 6.61 Å². The molecular weight excluding hydrogens is 452 g/mol. The maximum absolute atomic E-state index is 12.8. The van der Waals surface area contributed by atoms with Crippen LogP contribution in [-0.2, 0) is 26.0 Å². The number of carbonyl (C=O) groups excluding carboxylic acids is 2. The van der Waals surface area contributed by atoms with Crippen molar-refractivity contribution in [3.63, 3.8) is 0 Å². The summed E-state index contributed by atoms with van der Waals surface area (Å²) in [5, 5.41) is 2.93. The molecule has 0 radical (unpaired) electrons. The number of amides is 1. The highest BCUT2D eigenvalue weighted by molar-refractivity contribution is 7.89. The topological polar surface area (TPSA) is 92.8 Å². The number of nitrogens with one attached hydrogen (secondary N) is 1. The zero-order valence-corrected chi connectivity index (χ0v) is 19.7. The van der Waals surface area contributed by atoms with Crippen LogP contribution in [0.15, 0.2) is 47.4 Å². The molecule has 1 amide bonds. The molecule has 3 rings (SSSR count). The van der Waals surface area contributed by atoms with E-state index in [0.29, 0.717) is 0 Å². The molecule has 0 saturated heterocycles. The summed E-state index contributed by atoms with van der Waals surface area (Å²) in [5.41, 5.74) is 2.31. The van der Waals surface area contributed by atoms with Crippen molar-refractivity contribution >= 4 is 33.5 Å². The summed E-state index contributed by atoms with van der Waals surface area (Å²) >= 11 is 6.10. The van der Waals surface area contributed by atoms with Crippen LogP contribution in [-0.4, -0.2) is 44.3 Å². The first kappa shape index (κ1) is 24.2. The molecule has 1 N–H and O–H groups in total. The molecule has 1 aliphatic rings. The molecule has 0 saturated carbocycles. The number of rotatable bonds is 8. The Morgan fingerprint density at radius 3 is 2.59 bits per heavy atom. The summed E-state index contributed by atoms with van der Waals surface area (Å²) in [5.74, 6) is -1.21. The van der Waals surface area contributed by atoms with Crippen molar-refractivity contribution in [1.29, 1.82) is 0 Å². The maximum atomic E-state index is 12.8. The number of fused-ring (bicyclic) bond motifs is 1. The minimum Gasteiger partial charge on any atom is -0.452 e. The second-order valence-electron chi connectivity index (χ2n) is 7.52. The molecule has 0 unspecified atom stereocenters. The summed E-state index contributed by atoms with van der Waals surface area (Å²) in [4.78, 5) is 24.7. The molecule has 32 heavy (non-hydrogen) atoms. The SMILES string of the molecule is CCN(CC)S(=O)(=O)c1cc(C(=O)OCC(=O)N[C@H]2CCCc3ccccc32)ccc1Cl. The summed E-state index contributed by atoms with van der Waals surface area (Å²) in [6.07, 6.45) is 2.77. The number of sulfonamides is 1. The van der Waals surface area contributed by atoms with Crippen molar-refractivity contribution in [3.05, 3.63) is 64.2 Å². The Hall–Kier alpha value is -2.42. The third-order valence-electron chi connectivity index (χ3n) is 5.53. The smallest absolute Gasteiger partial charge is 0.338 e. The molecule has 0 heterocycles. The Bertz CT molecular complexity index is 1100. The van der Waals surface area contributed by atoms with E-state index in [-0.39, 0.29) is 34.6 Å². The molecule has 2 aromatic rings. The molecule has 0 spiro atoms. The zero-order chi connectivity index (χ0) is 23.3. The van der Waals surface area contributed by atoms with Crippen molar-refractivity contribution in [2.45, 2.75) is 44.0 Å². The Labute approximate surface area is 193 Å². The Balaban J connectivity index is 1.66. The monoisotopic (exact) mass is 478 g/mol. The fraction of sp³-hybridized carbons (Fsp3) is 0.391. The number of ether oxygens (including phenoxy) is 1. The lowest BCUT2D eigenvalue weighted by Crippen LogP contribution is -2.34. The Morgan fingerprint density at radius 1 is 1.16 bits per heavy atom. The van der Waals surface area contributed by atoms with E-state index >= 15 is 0 Å². The summed E-state index contributed by atoms with van der Waals surface area (Å²) in [6, 6.07) is 11.8. The van der Waals surface area contributed by atoms with Crippen LogP contribution < -0.4 is 5.32 Å². The van der Waals surface area contributed by atoms with Gasteiger partial charge in [-0.1, -0.05) is 49.7 Å². The summed E-state index contributed by atoms with van der Waals surface area (Å²) < 4.78 is 32.0. The standard InChI is InChI=1S/C23H27ClN2O5S/c1-3-26(4-2)32(29,30)21-14-17(12-13-19(21)24)23(28)31-15-22(27)25-20-11-7-9-16-8-5-6-10-18(16)20/h5-6,8,10,12-14,20H,3-4,7,9,11,15H2,1-2H3,(H,25,27)/t20-/m0/s1. The first-order valence-corrected chi connectivity index (χ1v) is 12.4. The summed E-state index contributed by atoms with van der Waals surface area (Å²) in [7, 11) is -3.85. The first-order chi connectivity index (χ1) is 15.3. The van der Waals surface area contributed by atoms with Gasteiger partial charge in [0.2, 0.25) is 10.0 Å². The van der Waals surface area contributed by atoms with E-state index in [9.17, 15) is 18.0 Å². The van der Waals surface area contributed by atoms with Gasteiger partial charge in [0.1, 0.15) is 4.90 Å². The van der Waals surface area contributed by atoms with Crippen molar-refractivity contribution < 1.29 is 22.7 Å². The second kappa shape index (κ2) is 10.5. The van der Waals surface area contributed by atoms with Crippen molar-refractivity contribution in [1.82, 2.24) is 9.62 Å². The molecule has 0 bridgehead atoms. The van der Waals surface area contributed by atoms with Crippen molar-refractivity contribution in [3.8, 4) is 0 Å². The van der Waals surface area contributed by atoms with Gasteiger partial charge in [0.05, 0.1) is 16.6 Å². The number of nitrogens with zero attached hydrogens (tertiary/aromatic N) is 1. The van der Waals surface area contributed by atoms with E-state index in [1.807, 2.05) is 18.2 Å². The van der Waals surface area contributed by atoms with Gasteiger partial charge in [-0.3, -0.25) is 4.79 Å². The van der Waals surface area contributed by atoms with Gasteiger partial charge in [-0.05, 0) is 48.6 Å². The van der Waals surface area contributed by atoms with Gasteiger partial charge in [-0.2, -0.15) is 4.31 Å². The van der Waals surface area contributed by atoms with E-state index in [1.165, 1.54) is 28.1 Å². The lowest BCUT2D eigenvalue weighted by atomic mass is 9.88. The molecule has 0 aromatic heterocycles. The fourth-order valence-electron chi connectivity index (χ4n) is 3.88. The van der Waals surface area contributed by atoms with Gasteiger partial charge in [0, 0.05) is 13.1 Å². The normalized spacial score (nSPS) is 15.8. The second-order valence-corrected chi connectivity index (χ2v) is 9.84. The average Bonchev–Trinajstić information content (AvgIpc) is 2.78. The predicted octanol–water partition coefficient (Wildman–Crippen LogP) is 3.72.